The topological polar surface area (TPSA) is 75.3 Å². The van der Waals surface area contributed by atoms with Gasteiger partial charge in [0.15, 0.2) is 0 Å². The number of hydrogen-bond donors (Lipinski definition) is 3. The van der Waals surface area contributed by atoms with E-state index in [1.807, 2.05) is 0 Å². The summed E-state index contributed by atoms with van der Waals surface area (Å²) < 4.78 is 0. The molecule has 0 spiro atoms. The summed E-state index contributed by atoms with van der Waals surface area (Å²) in [5.41, 5.74) is 6.25. The highest BCUT2D eigenvalue weighted by atomic mass is 16.3. The van der Waals surface area contributed by atoms with Crippen LogP contribution in [0.1, 0.15) is 36.0 Å². The fourth-order valence-electron chi connectivity index (χ4n) is 2.52. The van der Waals surface area contributed by atoms with Crippen molar-refractivity contribution in [2.45, 2.75) is 31.7 Å². The number of amides is 1. The Morgan fingerprint density at radius 3 is 2.89 bits per heavy atom. The van der Waals surface area contributed by atoms with Gasteiger partial charge in [0.2, 0.25) is 0 Å². The van der Waals surface area contributed by atoms with Gasteiger partial charge in [-0.2, -0.15) is 0 Å². The van der Waals surface area contributed by atoms with Crippen LogP contribution in [0.2, 0.25) is 0 Å². The van der Waals surface area contributed by atoms with Gasteiger partial charge in [0.25, 0.3) is 5.91 Å². The van der Waals surface area contributed by atoms with Crippen LogP contribution in [0.4, 0.5) is 0 Å². The fourth-order valence-corrected chi connectivity index (χ4v) is 2.52. The van der Waals surface area contributed by atoms with E-state index in [2.05, 4.69) is 5.32 Å². The summed E-state index contributed by atoms with van der Waals surface area (Å²) in [5, 5.41) is 12.5. The van der Waals surface area contributed by atoms with E-state index in [9.17, 15) is 9.90 Å². The van der Waals surface area contributed by atoms with Crippen molar-refractivity contribution >= 4 is 5.91 Å². The minimum atomic E-state index is -0.216. The molecule has 0 aromatic heterocycles. The van der Waals surface area contributed by atoms with Crippen LogP contribution in [0.3, 0.4) is 0 Å². The maximum Gasteiger partial charge on any atom is 0.255 e. The number of nitrogens with one attached hydrogen (secondary N) is 1. The molecule has 4 heteroatoms. The van der Waals surface area contributed by atoms with Crippen molar-refractivity contribution in [3.05, 3.63) is 29.8 Å². The Balaban J connectivity index is 1.87. The van der Waals surface area contributed by atoms with Crippen LogP contribution in [-0.4, -0.2) is 23.6 Å². The standard InChI is InChI=1S/C14H20N2O2/c15-11-5-3-4-10(8-11)9-16-14(18)12-6-1-2-7-13(12)17/h1-2,6-7,10-11,17H,3-5,8-9,15H2,(H,16,18). The molecule has 18 heavy (non-hydrogen) atoms. The van der Waals surface area contributed by atoms with Gasteiger partial charge in [0.05, 0.1) is 5.56 Å². The molecule has 1 fully saturated rings. The van der Waals surface area contributed by atoms with Crippen LogP contribution in [0.25, 0.3) is 0 Å². The largest absolute Gasteiger partial charge is 0.507 e. The minimum absolute atomic E-state index is 0.0235. The van der Waals surface area contributed by atoms with Crippen LogP contribution < -0.4 is 11.1 Å². The second-order valence-corrected chi connectivity index (χ2v) is 5.02. The van der Waals surface area contributed by atoms with E-state index in [0.29, 0.717) is 18.0 Å². The third-order valence-electron chi connectivity index (χ3n) is 3.52. The fraction of sp³-hybridized carbons (Fsp3) is 0.500. The minimum Gasteiger partial charge on any atom is -0.507 e. The lowest BCUT2D eigenvalue weighted by atomic mass is 9.86. The second kappa shape index (κ2) is 5.87. The van der Waals surface area contributed by atoms with E-state index in [0.717, 1.165) is 25.7 Å². The number of nitrogens with two attached hydrogens (primary N) is 1. The lowest BCUT2D eigenvalue weighted by Crippen LogP contribution is -2.35. The smallest absolute Gasteiger partial charge is 0.255 e. The molecule has 1 aliphatic carbocycles. The van der Waals surface area contributed by atoms with Gasteiger partial charge in [0.1, 0.15) is 5.75 Å². The summed E-state index contributed by atoms with van der Waals surface area (Å²) >= 11 is 0. The summed E-state index contributed by atoms with van der Waals surface area (Å²) in [7, 11) is 0. The van der Waals surface area contributed by atoms with Crippen molar-refractivity contribution in [1.29, 1.82) is 0 Å². The van der Waals surface area contributed by atoms with Crippen LogP contribution >= 0.6 is 0 Å². The van der Waals surface area contributed by atoms with Gasteiger partial charge in [-0.1, -0.05) is 18.6 Å². The monoisotopic (exact) mass is 248 g/mol. The lowest BCUT2D eigenvalue weighted by molar-refractivity contribution is 0.0940. The maximum atomic E-state index is 11.9. The van der Waals surface area contributed by atoms with Crippen LogP contribution in [0.5, 0.6) is 5.75 Å². The normalized spacial score (nSPS) is 23.6. The molecule has 0 heterocycles. The number of carbonyl (C=O) groups excluding carboxylic acids is 1. The summed E-state index contributed by atoms with van der Waals surface area (Å²) in [6.07, 6.45) is 4.32. The lowest BCUT2D eigenvalue weighted by Gasteiger charge is -2.26. The Kier molecular flexibility index (Phi) is 4.20. The van der Waals surface area contributed by atoms with E-state index < -0.39 is 0 Å². The molecule has 1 amide bonds. The number of benzene rings is 1. The zero-order valence-electron chi connectivity index (χ0n) is 10.4. The zero-order valence-corrected chi connectivity index (χ0v) is 10.4. The average Bonchev–Trinajstić information content (AvgIpc) is 2.37. The first kappa shape index (κ1) is 12.9. The SMILES string of the molecule is NC1CCCC(CNC(=O)c2ccccc2O)C1. The van der Waals surface area contributed by atoms with Crippen molar-refractivity contribution in [3.8, 4) is 5.75 Å². The Bertz CT molecular complexity index is 420. The third kappa shape index (κ3) is 3.23. The second-order valence-electron chi connectivity index (χ2n) is 5.02. The molecule has 0 aliphatic heterocycles. The zero-order chi connectivity index (χ0) is 13.0. The number of aromatic hydroxyl groups is 1. The molecule has 0 bridgehead atoms. The highest BCUT2D eigenvalue weighted by molar-refractivity contribution is 5.96. The Labute approximate surface area is 107 Å². The van der Waals surface area contributed by atoms with Crippen LogP contribution in [-0.2, 0) is 0 Å². The van der Waals surface area contributed by atoms with Crippen molar-refractivity contribution in [3.63, 3.8) is 0 Å². The molecular weight excluding hydrogens is 228 g/mol. The van der Waals surface area contributed by atoms with Gasteiger partial charge in [-0.15, -0.1) is 0 Å². The summed E-state index contributed by atoms with van der Waals surface area (Å²) in [6, 6.07) is 6.85. The maximum absolute atomic E-state index is 11.9. The van der Waals surface area contributed by atoms with E-state index >= 15 is 0 Å². The summed E-state index contributed by atoms with van der Waals surface area (Å²) in [6.45, 7) is 0.640. The van der Waals surface area contributed by atoms with E-state index in [-0.39, 0.29) is 17.7 Å². The molecule has 98 valence electrons. The van der Waals surface area contributed by atoms with Gasteiger partial charge >= 0.3 is 0 Å². The first-order chi connectivity index (χ1) is 8.66. The summed E-state index contributed by atoms with van der Waals surface area (Å²) in [5.74, 6) is 0.270. The molecule has 4 nitrogen and oxygen atoms in total. The van der Waals surface area contributed by atoms with Crippen LogP contribution in [0.15, 0.2) is 24.3 Å². The van der Waals surface area contributed by atoms with E-state index in [1.165, 1.54) is 6.07 Å². The highest BCUT2D eigenvalue weighted by Crippen LogP contribution is 2.22. The molecular formula is C14H20N2O2. The van der Waals surface area contributed by atoms with E-state index in [4.69, 9.17) is 5.73 Å². The van der Waals surface area contributed by atoms with Crippen molar-refractivity contribution < 1.29 is 9.90 Å². The predicted octanol–water partition coefficient (Wildman–Crippen LogP) is 1.64. The van der Waals surface area contributed by atoms with Crippen LogP contribution in [0, 0.1) is 5.92 Å². The molecule has 1 saturated carbocycles. The number of phenolic OH excluding ortho intramolecular Hbond substituents is 1. The first-order valence-electron chi connectivity index (χ1n) is 6.48. The molecule has 2 unspecified atom stereocenters. The molecule has 0 radical (unpaired) electrons. The molecule has 1 aromatic carbocycles. The van der Waals surface area contributed by atoms with Crippen molar-refractivity contribution in [2.75, 3.05) is 6.54 Å². The molecule has 1 aromatic rings. The van der Waals surface area contributed by atoms with Crippen molar-refractivity contribution in [2.24, 2.45) is 11.7 Å². The number of carbonyl (C=O) groups is 1. The molecule has 4 N–H and O–H groups in total. The number of rotatable bonds is 3. The van der Waals surface area contributed by atoms with Gasteiger partial charge in [-0.25, -0.2) is 0 Å². The Morgan fingerprint density at radius 2 is 2.17 bits per heavy atom. The van der Waals surface area contributed by atoms with Gasteiger partial charge in [-0.3, -0.25) is 4.79 Å². The van der Waals surface area contributed by atoms with Gasteiger partial charge in [0, 0.05) is 12.6 Å². The van der Waals surface area contributed by atoms with Gasteiger partial charge < -0.3 is 16.2 Å². The third-order valence-corrected chi connectivity index (χ3v) is 3.52. The Morgan fingerprint density at radius 1 is 1.39 bits per heavy atom. The molecule has 0 saturated heterocycles. The first-order valence-corrected chi connectivity index (χ1v) is 6.48. The molecule has 1 aliphatic rings. The number of phenols is 1. The Hall–Kier alpha value is -1.55. The average molecular weight is 248 g/mol. The molecule has 2 rings (SSSR count). The summed E-state index contributed by atoms with van der Waals surface area (Å²) in [4.78, 5) is 11.9. The molecule has 2 atom stereocenters. The quantitative estimate of drug-likeness (QED) is 0.761. The van der Waals surface area contributed by atoms with Gasteiger partial charge in [-0.05, 0) is 37.3 Å². The van der Waals surface area contributed by atoms with E-state index in [1.54, 1.807) is 18.2 Å². The number of hydrogen-bond acceptors (Lipinski definition) is 3. The number of para-hydroxylation sites is 1. The highest BCUT2D eigenvalue weighted by Gasteiger charge is 2.20. The van der Waals surface area contributed by atoms with Crippen molar-refractivity contribution in [1.82, 2.24) is 5.32 Å². The predicted molar refractivity (Wildman–Crippen MR) is 70.4 cm³/mol.